The summed E-state index contributed by atoms with van der Waals surface area (Å²) in [5.74, 6) is 3.50. The number of rotatable bonds is 27. The number of carbonyl (C=O) groups excluding carboxylic acids is 5. The van der Waals surface area contributed by atoms with Gasteiger partial charge in [-0.25, -0.2) is 8.78 Å². The minimum Gasteiger partial charge on any atom is -0.492 e. The van der Waals surface area contributed by atoms with Crippen molar-refractivity contribution in [3.63, 3.8) is 0 Å². The number of aromatic amines is 5. The van der Waals surface area contributed by atoms with Crippen molar-refractivity contribution in [2.45, 2.75) is 247 Å². The van der Waals surface area contributed by atoms with Crippen LogP contribution in [0.2, 0.25) is 15.1 Å². The van der Waals surface area contributed by atoms with Gasteiger partial charge >= 0.3 is 0 Å². The Morgan fingerprint density at radius 2 is 0.599 bits per heavy atom. The summed E-state index contributed by atoms with van der Waals surface area (Å²) in [7, 11) is 0. The number of hydrogen-bond donors (Lipinski definition) is 10. The van der Waals surface area contributed by atoms with E-state index >= 15 is 0 Å². The third-order valence-electron chi connectivity index (χ3n) is 26.7. The molecule has 11 fully saturated rings. The Bertz CT molecular complexity index is 6720. The summed E-state index contributed by atoms with van der Waals surface area (Å²) in [5.41, 5.74) is 18.8. The third kappa shape index (κ3) is 25.0. The number of carbonyl (C=O) groups is 5. The molecule has 10 aromatic rings. The highest BCUT2D eigenvalue weighted by Crippen LogP contribution is 2.45. The lowest BCUT2D eigenvalue weighted by Gasteiger charge is -2.14. The minimum atomic E-state index is -2.53. The zero-order chi connectivity index (χ0) is 95.7. The Balaban J connectivity index is 0.000000119. The second-order valence-corrected chi connectivity index (χ2v) is 38.5. The number of aromatic nitrogens is 5. The molecule has 10 heterocycles. The Labute approximate surface area is 807 Å². The molecule has 6 saturated carbocycles. The topological polar surface area (TPSA) is 328 Å². The van der Waals surface area contributed by atoms with Crippen LogP contribution >= 0.6 is 34.8 Å². The van der Waals surface area contributed by atoms with E-state index in [1.54, 1.807) is 12.1 Å². The molecule has 0 spiro atoms. The Kier molecular flexibility index (Phi) is 30.3. The van der Waals surface area contributed by atoms with Gasteiger partial charge in [-0.2, -0.15) is 0 Å². The number of alkyl halides is 2. The maximum Gasteiger partial charge on any atom is 0.263 e. The monoisotopic (exact) mass is 1910 g/mol. The Morgan fingerprint density at radius 1 is 0.321 bits per heavy atom. The summed E-state index contributed by atoms with van der Waals surface area (Å²) < 4.78 is 37.1. The highest BCUT2D eigenvalue weighted by molar-refractivity contribution is 6.33. The number of H-pyrrole nitrogens is 5. The highest BCUT2D eigenvalue weighted by Gasteiger charge is 2.34. The van der Waals surface area contributed by atoms with Crippen molar-refractivity contribution in [2.75, 3.05) is 6.61 Å². The first-order valence-corrected chi connectivity index (χ1v) is 49.3. The molecule has 22 nitrogen and oxygen atoms in total. The standard InChI is InChI=1S/C23H23ClN2O3.C22H23ClN2O3.C22H23ClN2O2.C22H24N2O2.C21H20F2N2O2/c24-19-11-14(3-9-21(19)29-16-5-6-16)18(12-15-4-10-22(27)25-15)20-8-7-17(13-1-2-13)23(28)26-20;1-2-28-20-9-5-14(11-18(20)23)17(12-15-6-10-21(26)24-15)19-8-7-16(13-3-4-13)22(27)25-19;1-2-13-3-6-15(11-19(13)23)18(12-16-7-10-21(26)24-16)20-9-8-17(14-4-5-14)22(27)25-20;1-2-14-3-5-16(6-4-14)19(13-17-9-12-21(25)23-17)20-11-10-18(15-7-8-15)22(26)24-20;22-20(23)14-5-3-13(4-6-14)17(11-15-7-10-19(26)24-15)18-9-8-16(12-1-2-12)21(27)25-18/h3,7-9,11-13,15-16H,1-2,4-6,10H2,(H,25,27)(H,26,28);5,7-9,11-13,15H,2-4,6,10H2,1H3,(H,24,26)(H,25,27);3,6,8-9,11-12,14,16H,2,4-5,7,10H2,1H3,(H,24,26)(H,25,27);3-6,10-11,13,15,17H,2,7-9,12H2,1H3,(H,23,25)(H,24,26);3-6,8-9,11-12,15,20H,1-2,7,10H2,(H,24,26)(H,25,27)/b18-12+;17-12+;18-12+;19-13+;17-11+/t2*15-;16-;17-;15-/m11111/s1. The molecule has 11 aliphatic rings. The van der Waals surface area contributed by atoms with E-state index in [-0.39, 0.29) is 99.2 Å². The van der Waals surface area contributed by atoms with Crippen molar-refractivity contribution in [1.29, 1.82) is 0 Å². The van der Waals surface area contributed by atoms with E-state index in [0.717, 1.165) is 227 Å². The van der Waals surface area contributed by atoms with E-state index in [0.29, 0.717) is 107 Å². The van der Waals surface area contributed by atoms with Crippen LogP contribution in [0.5, 0.6) is 11.5 Å². The summed E-state index contributed by atoms with van der Waals surface area (Å²) in [4.78, 5) is 136. The quantitative estimate of drug-likeness (QED) is 0.0230. The Morgan fingerprint density at radius 3 is 0.839 bits per heavy atom. The van der Waals surface area contributed by atoms with E-state index < -0.39 is 6.43 Å². The second kappa shape index (κ2) is 43.3. The summed E-state index contributed by atoms with van der Waals surface area (Å²) >= 11 is 19.3. The molecular formula is C110H113Cl3F2N10O12. The van der Waals surface area contributed by atoms with Crippen molar-refractivity contribution < 1.29 is 42.2 Å². The van der Waals surface area contributed by atoms with Crippen LogP contribution in [0.3, 0.4) is 0 Å². The number of halogens is 5. The number of ether oxygens (including phenoxy) is 2. The normalized spacial score (nSPS) is 20.4. The van der Waals surface area contributed by atoms with Gasteiger partial charge in [0.25, 0.3) is 34.2 Å². The number of amides is 5. The van der Waals surface area contributed by atoms with Crippen molar-refractivity contribution >= 4 is 92.2 Å². The lowest BCUT2D eigenvalue weighted by atomic mass is 9.97. The van der Waals surface area contributed by atoms with Gasteiger partial charge in [-0.3, -0.25) is 47.9 Å². The number of benzene rings is 5. The van der Waals surface area contributed by atoms with Crippen LogP contribution in [0.15, 0.2) is 218 Å². The van der Waals surface area contributed by atoms with Crippen LogP contribution in [0, 0.1) is 0 Å². The van der Waals surface area contributed by atoms with Crippen molar-refractivity contribution in [3.8, 4) is 11.5 Å². The molecule has 21 rings (SSSR count). The van der Waals surface area contributed by atoms with E-state index in [2.05, 4.69) is 95.7 Å². The fourth-order valence-electron chi connectivity index (χ4n) is 18.1. The van der Waals surface area contributed by atoms with Crippen LogP contribution in [-0.2, 0) is 36.8 Å². The third-order valence-corrected chi connectivity index (χ3v) is 27.7. The van der Waals surface area contributed by atoms with Crippen LogP contribution < -0.4 is 63.9 Å². The van der Waals surface area contributed by atoms with E-state index in [9.17, 15) is 56.7 Å². The van der Waals surface area contributed by atoms with Gasteiger partial charge in [0.15, 0.2) is 0 Å². The van der Waals surface area contributed by atoms with E-state index in [1.807, 2.05) is 146 Å². The van der Waals surface area contributed by atoms with E-state index in [1.165, 1.54) is 17.7 Å². The molecule has 5 aromatic heterocycles. The number of hydrogen-bond acceptors (Lipinski definition) is 12. The molecule has 27 heteroatoms. The molecular weight excluding hydrogens is 1800 g/mol. The van der Waals surface area contributed by atoms with Crippen LogP contribution in [-0.4, -0.2) is 97.4 Å². The number of aryl methyl sites for hydroxylation is 2. The maximum atomic E-state index is 12.9. The molecule has 5 aliphatic heterocycles. The second-order valence-electron chi connectivity index (χ2n) is 37.3. The minimum absolute atomic E-state index is 0.00922. The highest BCUT2D eigenvalue weighted by atomic mass is 35.5. The summed E-state index contributed by atoms with van der Waals surface area (Å²) in [6.07, 6.45) is 28.8. The fourth-order valence-corrected chi connectivity index (χ4v) is 18.9. The predicted octanol–water partition coefficient (Wildman–Crippen LogP) is 19.8. The molecule has 5 amide bonds. The van der Waals surface area contributed by atoms with Crippen molar-refractivity contribution in [2.24, 2.45) is 0 Å². The lowest BCUT2D eigenvalue weighted by molar-refractivity contribution is -0.120. The summed E-state index contributed by atoms with van der Waals surface area (Å²) in [6.45, 7) is 6.64. The molecule has 710 valence electrons. The molecule has 6 aliphatic carbocycles. The first kappa shape index (κ1) is 95.9. The molecule has 0 radical (unpaired) electrons. The largest absolute Gasteiger partial charge is 0.492 e. The van der Waals surface area contributed by atoms with Crippen LogP contribution in [0.4, 0.5) is 8.78 Å². The van der Waals surface area contributed by atoms with Crippen molar-refractivity contribution in [3.05, 3.63) is 362 Å². The smallest absolute Gasteiger partial charge is 0.263 e. The molecule has 5 saturated heterocycles. The average Bonchev–Trinajstić information content (AvgIpc) is 1.61. The lowest BCUT2D eigenvalue weighted by Crippen LogP contribution is -2.23. The number of nitrogens with one attached hydrogen (secondary N) is 10. The number of pyridine rings is 5. The Hall–Kier alpha value is -12.8. The predicted molar refractivity (Wildman–Crippen MR) is 532 cm³/mol. The zero-order valence-corrected chi connectivity index (χ0v) is 79.1. The summed E-state index contributed by atoms with van der Waals surface area (Å²) in [6, 6.07) is 50.8. The first-order chi connectivity index (χ1) is 66.3. The van der Waals surface area contributed by atoms with Gasteiger partial charge in [0.1, 0.15) is 11.5 Å². The SMILES string of the molecule is CCOc1ccc(/C(=C\[C@H]2CCC(=O)N2)c2ccc(C3CC3)c(=O)[nH]2)cc1Cl.CCc1ccc(/C(=C\[C@H]2CCC(=O)N2)c2ccc(C3CC3)c(=O)[nH]2)cc1.CCc1ccc(/C(=C\[C@H]2CCC(=O)N2)c2ccc(C3CC3)c(=O)[nH]2)cc1Cl.O=C1CC[C@H](/C=C(\c2ccc(C(F)F)cc2)c2ccc(C3CC3)c(=O)[nH]2)N1.O=C1CC[C@H](/C=C(\c2ccc(OC3CC3)c(Cl)c2)c2ccc(C3CC3)c(=O)[nH]2)N1. The van der Waals surface area contributed by atoms with E-state index in [4.69, 9.17) is 44.3 Å². The van der Waals surface area contributed by atoms with Gasteiger partial charge in [0, 0.05) is 157 Å². The average molecular weight is 1910 g/mol. The van der Waals surface area contributed by atoms with Gasteiger partial charge in [-0.1, -0.05) is 182 Å². The first-order valence-electron chi connectivity index (χ1n) is 48.2. The van der Waals surface area contributed by atoms with Crippen LogP contribution in [0.25, 0.3) is 27.9 Å². The maximum absolute atomic E-state index is 12.9. The molecule has 5 aromatic carbocycles. The molecule has 0 unspecified atom stereocenters. The van der Waals surface area contributed by atoms with Gasteiger partial charge in [-0.05, 0) is 258 Å². The van der Waals surface area contributed by atoms with Crippen LogP contribution in [0.1, 0.15) is 299 Å². The molecule has 10 N–H and O–H groups in total. The van der Waals surface area contributed by atoms with Gasteiger partial charge in [0.05, 0.1) is 22.8 Å². The van der Waals surface area contributed by atoms with Gasteiger partial charge in [-0.15, -0.1) is 0 Å². The van der Waals surface area contributed by atoms with Crippen molar-refractivity contribution in [1.82, 2.24) is 51.5 Å². The summed E-state index contributed by atoms with van der Waals surface area (Å²) in [5, 5.41) is 16.6. The zero-order valence-electron chi connectivity index (χ0n) is 76.9. The molecule has 0 bridgehead atoms. The fraction of sp³-hybridized carbons (Fsp3) is 0.364. The van der Waals surface area contributed by atoms with Gasteiger partial charge in [0.2, 0.25) is 29.5 Å². The molecule has 5 atom stereocenters. The van der Waals surface area contributed by atoms with Gasteiger partial charge < -0.3 is 61.0 Å². The molecule has 137 heavy (non-hydrogen) atoms.